The topological polar surface area (TPSA) is 79.7 Å². The highest BCUT2D eigenvalue weighted by molar-refractivity contribution is 5.93. The van der Waals surface area contributed by atoms with Gasteiger partial charge in [0.15, 0.2) is 0 Å². The number of hydrogen-bond acceptors (Lipinski definition) is 4. The molecule has 1 saturated heterocycles. The van der Waals surface area contributed by atoms with E-state index in [1.165, 1.54) is 0 Å². The number of rotatable bonds is 5. The SMILES string of the molecule is Cn1cc(CN(C(=O)Nc2cccc(N3CCOC3=O)c2)C2CC2)cn1. The van der Waals surface area contributed by atoms with Gasteiger partial charge in [-0.2, -0.15) is 5.10 Å². The number of cyclic esters (lactones) is 1. The lowest BCUT2D eigenvalue weighted by molar-refractivity contribution is 0.181. The Morgan fingerprint density at radius 2 is 2.27 bits per heavy atom. The minimum absolute atomic E-state index is 0.141. The fourth-order valence-electron chi connectivity index (χ4n) is 3.08. The molecule has 1 aromatic heterocycles. The van der Waals surface area contributed by atoms with Crippen molar-refractivity contribution in [3.8, 4) is 0 Å². The predicted molar refractivity (Wildman–Crippen MR) is 95.9 cm³/mol. The van der Waals surface area contributed by atoms with Crippen molar-refractivity contribution in [3.63, 3.8) is 0 Å². The maximum absolute atomic E-state index is 12.8. The van der Waals surface area contributed by atoms with Gasteiger partial charge in [-0.25, -0.2) is 9.59 Å². The molecule has 2 heterocycles. The van der Waals surface area contributed by atoms with Gasteiger partial charge in [0.05, 0.1) is 19.3 Å². The number of amides is 3. The molecule has 1 aliphatic heterocycles. The van der Waals surface area contributed by atoms with Crippen molar-refractivity contribution in [1.29, 1.82) is 0 Å². The fourth-order valence-corrected chi connectivity index (χ4v) is 3.08. The van der Waals surface area contributed by atoms with E-state index >= 15 is 0 Å². The molecular formula is C18H21N5O3. The van der Waals surface area contributed by atoms with E-state index in [0.717, 1.165) is 24.1 Å². The van der Waals surface area contributed by atoms with E-state index < -0.39 is 0 Å². The zero-order chi connectivity index (χ0) is 18.1. The number of hydrogen-bond donors (Lipinski definition) is 1. The summed E-state index contributed by atoms with van der Waals surface area (Å²) >= 11 is 0. The second kappa shape index (κ2) is 6.70. The number of nitrogens with one attached hydrogen (secondary N) is 1. The molecule has 1 saturated carbocycles. The molecule has 2 aromatic rings. The average molecular weight is 355 g/mol. The lowest BCUT2D eigenvalue weighted by atomic mass is 10.2. The van der Waals surface area contributed by atoms with E-state index in [0.29, 0.717) is 25.4 Å². The predicted octanol–water partition coefficient (Wildman–Crippen LogP) is 2.57. The number of anilines is 2. The van der Waals surface area contributed by atoms with Crippen LogP contribution in [0.15, 0.2) is 36.7 Å². The van der Waals surface area contributed by atoms with E-state index in [4.69, 9.17) is 4.74 Å². The highest BCUT2D eigenvalue weighted by Gasteiger charge is 2.33. The van der Waals surface area contributed by atoms with Crippen LogP contribution in [-0.2, 0) is 18.3 Å². The third kappa shape index (κ3) is 3.49. The summed E-state index contributed by atoms with van der Waals surface area (Å²) in [6.45, 7) is 1.43. The molecule has 0 radical (unpaired) electrons. The van der Waals surface area contributed by atoms with Crippen LogP contribution in [0.1, 0.15) is 18.4 Å². The van der Waals surface area contributed by atoms with E-state index in [2.05, 4.69) is 10.4 Å². The van der Waals surface area contributed by atoms with Gasteiger partial charge in [-0.3, -0.25) is 9.58 Å². The van der Waals surface area contributed by atoms with Crippen LogP contribution >= 0.6 is 0 Å². The molecule has 0 unspecified atom stereocenters. The molecule has 1 N–H and O–H groups in total. The summed E-state index contributed by atoms with van der Waals surface area (Å²) in [6.07, 6.45) is 5.38. The van der Waals surface area contributed by atoms with Crippen LogP contribution in [0.5, 0.6) is 0 Å². The molecule has 0 bridgehead atoms. The Balaban J connectivity index is 1.46. The van der Waals surface area contributed by atoms with Crippen molar-refractivity contribution in [3.05, 3.63) is 42.2 Å². The molecule has 0 atom stereocenters. The van der Waals surface area contributed by atoms with Crippen LogP contribution in [0.3, 0.4) is 0 Å². The molecule has 4 rings (SSSR count). The quantitative estimate of drug-likeness (QED) is 0.894. The average Bonchev–Trinajstić information content (AvgIpc) is 3.24. The van der Waals surface area contributed by atoms with Crippen LogP contribution < -0.4 is 10.2 Å². The van der Waals surface area contributed by atoms with Crippen molar-refractivity contribution < 1.29 is 14.3 Å². The Bertz CT molecular complexity index is 830. The molecule has 8 heteroatoms. The number of aromatic nitrogens is 2. The van der Waals surface area contributed by atoms with Gasteiger partial charge in [-0.05, 0) is 31.0 Å². The molecule has 136 valence electrons. The summed E-state index contributed by atoms with van der Waals surface area (Å²) in [7, 11) is 1.86. The van der Waals surface area contributed by atoms with Crippen LogP contribution in [-0.4, -0.2) is 46.0 Å². The van der Waals surface area contributed by atoms with Crippen molar-refractivity contribution >= 4 is 23.5 Å². The Kier molecular flexibility index (Phi) is 4.24. The van der Waals surface area contributed by atoms with E-state index in [1.807, 2.05) is 36.3 Å². The second-order valence-electron chi connectivity index (χ2n) is 6.63. The highest BCUT2D eigenvalue weighted by atomic mass is 16.6. The number of ether oxygens (including phenoxy) is 1. The summed E-state index contributed by atoms with van der Waals surface area (Å²) in [4.78, 5) is 27.9. The van der Waals surface area contributed by atoms with Gasteiger partial charge < -0.3 is 15.0 Å². The second-order valence-corrected chi connectivity index (χ2v) is 6.63. The monoisotopic (exact) mass is 355 g/mol. The molecule has 1 aromatic carbocycles. The number of urea groups is 1. The summed E-state index contributed by atoms with van der Waals surface area (Å²) in [5.74, 6) is 0. The molecule has 2 aliphatic rings. The Labute approximate surface area is 151 Å². The van der Waals surface area contributed by atoms with E-state index in [1.54, 1.807) is 21.8 Å². The molecular weight excluding hydrogens is 334 g/mol. The van der Waals surface area contributed by atoms with E-state index in [-0.39, 0.29) is 18.2 Å². The molecule has 26 heavy (non-hydrogen) atoms. The summed E-state index contributed by atoms with van der Waals surface area (Å²) in [5, 5.41) is 7.11. The first-order valence-electron chi connectivity index (χ1n) is 8.69. The molecule has 2 fully saturated rings. The standard InChI is InChI=1S/C18H21N5O3/c1-21-11-13(10-19-21)12-23(15-5-6-15)17(24)20-14-3-2-4-16(9-14)22-7-8-26-18(22)25/h2-4,9-11,15H,5-8,12H2,1H3,(H,20,24). The lowest BCUT2D eigenvalue weighted by Crippen LogP contribution is -2.36. The van der Waals surface area contributed by atoms with Crippen molar-refractivity contribution in [2.45, 2.75) is 25.4 Å². The van der Waals surface area contributed by atoms with Crippen molar-refractivity contribution in [2.75, 3.05) is 23.4 Å². The Morgan fingerprint density at radius 1 is 1.42 bits per heavy atom. The van der Waals surface area contributed by atoms with Crippen LogP contribution in [0.25, 0.3) is 0 Å². The van der Waals surface area contributed by atoms with Gasteiger partial charge >= 0.3 is 12.1 Å². The molecule has 1 aliphatic carbocycles. The molecule has 8 nitrogen and oxygen atoms in total. The number of aryl methyl sites for hydroxylation is 1. The first kappa shape index (κ1) is 16.4. The number of carbonyl (C=O) groups excluding carboxylic acids is 2. The minimum atomic E-state index is -0.357. The third-order valence-corrected chi connectivity index (χ3v) is 4.53. The number of carbonyl (C=O) groups is 2. The van der Waals surface area contributed by atoms with Gasteiger partial charge in [-0.1, -0.05) is 6.07 Å². The molecule has 3 amide bonds. The lowest BCUT2D eigenvalue weighted by Gasteiger charge is -2.22. The number of benzene rings is 1. The first-order valence-corrected chi connectivity index (χ1v) is 8.69. The minimum Gasteiger partial charge on any atom is -0.447 e. The third-order valence-electron chi connectivity index (χ3n) is 4.53. The zero-order valence-electron chi connectivity index (χ0n) is 14.6. The normalized spacial score (nSPS) is 16.5. The summed E-state index contributed by atoms with van der Waals surface area (Å²) < 4.78 is 6.70. The smallest absolute Gasteiger partial charge is 0.414 e. The van der Waals surface area contributed by atoms with Crippen LogP contribution in [0.4, 0.5) is 21.0 Å². The van der Waals surface area contributed by atoms with Gasteiger partial charge in [0.25, 0.3) is 0 Å². The van der Waals surface area contributed by atoms with Crippen LogP contribution in [0, 0.1) is 0 Å². The van der Waals surface area contributed by atoms with Gasteiger partial charge in [0, 0.05) is 36.2 Å². The van der Waals surface area contributed by atoms with Gasteiger partial charge in [-0.15, -0.1) is 0 Å². The number of nitrogens with zero attached hydrogens (tertiary/aromatic N) is 4. The summed E-state index contributed by atoms with van der Waals surface area (Å²) in [5.41, 5.74) is 2.38. The Morgan fingerprint density at radius 3 is 2.92 bits per heavy atom. The highest BCUT2D eigenvalue weighted by Crippen LogP contribution is 2.29. The van der Waals surface area contributed by atoms with Crippen molar-refractivity contribution in [1.82, 2.24) is 14.7 Å². The first-order chi connectivity index (χ1) is 12.6. The fraction of sp³-hybridized carbons (Fsp3) is 0.389. The molecule has 0 spiro atoms. The van der Waals surface area contributed by atoms with Crippen LogP contribution in [0.2, 0.25) is 0 Å². The summed E-state index contributed by atoms with van der Waals surface area (Å²) in [6, 6.07) is 7.39. The van der Waals surface area contributed by atoms with Gasteiger partial charge in [0.1, 0.15) is 6.61 Å². The van der Waals surface area contributed by atoms with Crippen molar-refractivity contribution in [2.24, 2.45) is 7.05 Å². The zero-order valence-corrected chi connectivity index (χ0v) is 14.6. The Hall–Kier alpha value is -3.03. The van der Waals surface area contributed by atoms with E-state index in [9.17, 15) is 9.59 Å². The largest absolute Gasteiger partial charge is 0.447 e. The van der Waals surface area contributed by atoms with Gasteiger partial charge in [0.2, 0.25) is 0 Å². The maximum Gasteiger partial charge on any atom is 0.414 e. The maximum atomic E-state index is 12.8.